The fourth-order valence-corrected chi connectivity index (χ4v) is 3.72. The average Bonchev–Trinajstić information content (AvgIpc) is 3.37. The van der Waals surface area contributed by atoms with E-state index < -0.39 is 17.6 Å². The number of phenolic OH excluding ortho intramolecular Hbond substituents is 1. The van der Waals surface area contributed by atoms with E-state index in [1.807, 2.05) is 0 Å². The van der Waals surface area contributed by atoms with E-state index in [0.717, 1.165) is 0 Å². The van der Waals surface area contributed by atoms with E-state index in [1.54, 1.807) is 67.8 Å². The Morgan fingerprint density at radius 2 is 1.74 bits per heavy atom. The first-order valence-corrected chi connectivity index (χ1v) is 11.2. The zero-order valence-electron chi connectivity index (χ0n) is 19.9. The number of phenols is 1. The van der Waals surface area contributed by atoms with Crippen molar-refractivity contribution in [3.8, 4) is 17.4 Å². The minimum Gasteiger partial charge on any atom is -0.505 e. The summed E-state index contributed by atoms with van der Waals surface area (Å²) >= 11 is 0. The summed E-state index contributed by atoms with van der Waals surface area (Å²) in [5.41, 5.74) is 5.97. The number of nitrogens with zero attached hydrogens (tertiary/aromatic N) is 6. The first kappa shape index (κ1) is 24.1. The number of anilines is 1. The third-order valence-corrected chi connectivity index (χ3v) is 5.58. The van der Waals surface area contributed by atoms with Gasteiger partial charge in [-0.2, -0.15) is 9.78 Å². The average molecular weight is 508 g/mol. The fraction of sp³-hybridized carbons (Fsp3) is 0.0385. The van der Waals surface area contributed by atoms with Crippen molar-refractivity contribution < 1.29 is 19.4 Å². The third kappa shape index (κ3) is 4.60. The Kier molecular flexibility index (Phi) is 6.42. The van der Waals surface area contributed by atoms with Gasteiger partial charge in [0.25, 0.3) is 17.8 Å². The largest absolute Gasteiger partial charge is 0.505 e. The van der Waals surface area contributed by atoms with Gasteiger partial charge in [-0.05, 0) is 41.8 Å². The number of nitrogens with two attached hydrogens (primary N) is 1. The third-order valence-electron chi connectivity index (χ3n) is 5.58. The monoisotopic (exact) mass is 508 g/mol. The van der Waals surface area contributed by atoms with Gasteiger partial charge in [-0.3, -0.25) is 9.59 Å². The standard InChI is InChI=1S/C26H20N8O4/c1-38-17-9-7-16(8-10-17)31-25(37)19-13-15-5-2-3-6-18(15)21(22(19)35)32-33-24-20(23(27)36)14-30-34(24)26-28-11-4-12-29-26/h2-14,35H,1H3,(H2,27,36)(H,31,37). The Bertz CT molecular complexity index is 1680. The van der Waals surface area contributed by atoms with Crippen LogP contribution in [0.1, 0.15) is 20.7 Å². The van der Waals surface area contributed by atoms with Crippen LogP contribution < -0.4 is 15.8 Å². The molecule has 0 bridgehead atoms. The zero-order valence-corrected chi connectivity index (χ0v) is 19.9. The van der Waals surface area contributed by atoms with E-state index in [9.17, 15) is 14.7 Å². The van der Waals surface area contributed by atoms with Crippen LogP contribution in [0.2, 0.25) is 0 Å². The number of rotatable bonds is 7. The molecule has 0 spiro atoms. The van der Waals surface area contributed by atoms with Gasteiger partial charge in [0.15, 0.2) is 11.6 Å². The molecular weight excluding hydrogens is 488 g/mol. The number of amides is 2. The lowest BCUT2D eigenvalue weighted by Crippen LogP contribution is -2.12. The van der Waals surface area contributed by atoms with E-state index in [-0.39, 0.29) is 28.6 Å². The predicted molar refractivity (Wildman–Crippen MR) is 138 cm³/mol. The summed E-state index contributed by atoms with van der Waals surface area (Å²) < 4.78 is 6.34. The minimum atomic E-state index is -0.789. The van der Waals surface area contributed by atoms with Crippen LogP contribution in [0.3, 0.4) is 0 Å². The SMILES string of the molecule is COc1ccc(NC(=O)c2cc3ccccc3c(N=Nc3c(C(N)=O)cnn3-c3ncccn3)c2O)cc1. The molecule has 5 rings (SSSR count). The van der Waals surface area contributed by atoms with Gasteiger partial charge >= 0.3 is 0 Å². The molecule has 188 valence electrons. The number of carbonyl (C=O) groups is 2. The summed E-state index contributed by atoms with van der Waals surface area (Å²) in [6.07, 6.45) is 4.22. The van der Waals surface area contributed by atoms with E-state index in [2.05, 4.69) is 30.6 Å². The van der Waals surface area contributed by atoms with Crippen molar-refractivity contribution in [3.63, 3.8) is 0 Å². The Labute approximate surface area is 215 Å². The molecule has 2 amide bonds. The number of fused-ring (bicyclic) bond motifs is 1. The fourth-order valence-electron chi connectivity index (χ4n) is 3.72. The first-order valence-electron chi connectivity index (χ1n) is 11.2. The lowest BCUT2D eigenvalue weighted by Gasteiger charge is -2.11. The van der Waals surface area contributed by atoms with E-state index >= 15 is 0 Å². The summed E-state index contributed by atoms with van der Waals surface area (Å²) in [7, 11) is 1.54. The molecule has 4 N–H and O–H groups in total. The molecule has 0 aliphatic rings. The molecular formula is C26H20N8O4. The van der Waals surface area contributed by atoms with Crippen LogP contribution in [0, 0.1) is 0 Å². The Morgan fingerprint density at radius 1 is 1.00 bits per heavy atom. The van der Waals surface area contributed by atoms with Crippen molar-refractivity contribution in [2.75, 3.05) is 12.4 Å². The summed E-state index contributed by atoms with van der Waals surface area (Å²) in [4.78, 5) is 33.4. The molecule has 3 aromatic carbocycles. The number of hydrogen-bond donors (Lipinski definition) is 3. The van der Waals surface area contributed by atoms with Gasteiger partial charge in [0, 0.05) is 23.5 Å². The van der Waals surface area contributed by atoms with E-state index in [1.165, 1.54) is 23.3 Å². The summed E-state index contributed by atoms with van der Waals surface area (Å²) in [6, 6.07) is 17.0. The van der Waals surface area contributed by atoms with Crippen LogP contribution >= 0.6 is 0 Å². The second-order valence-corrected chi connectivity index (χ2v) is 7.93. The number of ether oxygens (including phenoxy) is 1. The molecule has 0 fully saturated rings. The molecule has 0 aliphatic heterocycles. The van der Waals surface area contributed by atoms with Crippen LogP contribution in [0.15, 0.2) is 89.5 Å². The van der Waals surface area contributed by atoms with Crippen molar-refractivity contribution in [1.82, 2.24) is 19.7 Å². The highest BCUT2D eigenvalue weighted by atomic mass is 16.5. The molecule has 0 aliphatic carbocycles. The molecule has 0 atom stereocenters. The number of aromatic hydroxyl groups is 1. The van der Waals surface area contributed by atoms with Gasteiger partial charge in [0.2, 0.25) is 0 Å². The van der Waals surface area contributed by atoms with Crippen molar-refractivity contribution in [2.24, 2.45) is 16.0 Å². The van der Waals surface area contributed by atoms with E-state index in [4.69, 9.17) is 10.5 Å². The smallest absolute Gasteiger partial charge is 0.259 e. The molecule has 2 aromatic heterocycles. The normalized spacial score (nSPS) is 11.1. The molecule has 0 saturated carbocycles. The minimum absolute atomic E-state index is 0.0140. The van der Waals surface area contributed by atoms with Gasteiger partial charge < -0.3 is 20.9 Å². The Balaban J connectivity index is 1.59. The van der Waals surface area contributed by atoms with E-state index in [0.29, 0.717) is 22.2 Å². The van der Waals surface area contributed by atoms with Crippen LogP contribution in [0.25, 0.3) is 16.7 Å². The van der Waals surface area contributed by atoms with Gasteiger partial charge in [-0.15, -0.1) is 10.2 Å². The maximum atomic E-state index is 13.1. The zero-order chi connectivity index (χ0) is 26.6. The molecule has 2 heterocycles. The van der Waals surface area contributed by atoms with Crippen molar-refractivity contribution in [1.29, 1.82) is 0 Å². The van der Waals surface area contributed by atoms with Crippen molar-refractivity contribution in [2.45, 2.75) is 0 Å². The summed E-state index contributed by atoms with van der Waals surface area (Å²) in [5, 5.41) is 27.6. The van der Waals surface area contributed by atoms with Crippen LogP contribution in [0.5, 0.6) is 11.5 Å². The number of hydrogen-bond acceptors (Lipinski definition) is 9. The van der Waals surface area contributed by atoms with Gasteiger partial charge in [0.05, 0.1) is 18.9 Å². The highest BCUT2D eigenvalue weighted by Crippen LogP contribution is 2.40. The van der Waals surface area contributed by atoms with Gasteiger partial charge in [0.1, 0.15) is 17.0 Å². The predicted octanol–water partition coefficient (Wildman–Crippen LogP) is 4.30. The molecule has 5 aromatic rings. The highest BCUT2D eigenvalue weighted by Gasteiger charge is 2.21. The quantitative estimate of drug-likeness (QED) is 0.275. The molecule has 38 heavy (non-hydrogen) atoms. The molecule has 0 saturated heterocycles. The topological polar surface area (TPSA) is 170 Å². The summed E-state index contributed by atoms with van der Waals surface area (Å²) in [5.74, 6) is -1.02. The first-order chi connectivity index (χ1) is 18.5. The molecule has 12 heteroatoms. The number of benzene rings is 3. The maximum absolute atomic E-state index is 13.1. The Morgan fingerprint density at radius 3 is 2.45 bits per heavy atom. The lowest BCUT2D eigenvalue weighted by molar-refractivity contribution is 0.0997. The van der Waals surface area contributed by atoms with Crippen molar-refractivity contribution >= 4 is 39.8 Å². The lowest BCUT2D eigenvalue weighted by atomic mass is 10.0. The number of methoxy groups -OCH3 is 1. The molecule has 12 nitrogen and oxygen atoms in total. The molecule has 0 unspecified atom stereocenters. The second-order valence-electron chi connectivity index (χ2n) is 7.93. The maximum Gasteiger partial charge on any atom is 0.259 e. The van der Waals surface area contributed by atoms with Gasteiger partial charge in [-0.1, -0.05) is 24.3 Å². The Hall–Kier alpha value is -5.65. The molecule has 0 radical (unpaired) electrons. The van der Waals surface area contributed by atoms with Crippen LogP contribution in [-0.2, 0) is 0 Å². The van der Waals surface area contributed by atoms with Crippen LogP contribution in [0.4, 0.5) is 17.2 Å². The second kappa shape index (κ2) is 10.1. The van der Waals surface area contributed by atoms with Gasteiger partial charge in [-0.25, -0.2) is 9.97 Å². The van der Waals surface area contributed by atoms with Crippen LogP contribution in [-0.4, -0.2) is 43.8 Å². The summed E-state index contributed by atoms with van der Waals surface area (Å²) in [6.45, 7) is 0. The number of carbonyl (C=O) groups excluding carboxylic acids is 2. The number of aromatic nitrogens is 4. The highest BCUT2D eigenvalue weighted by molar-refractivity contribution is 6.11. The number of primary amides is 1. The number of azo groups is 1. The van der Waals surface area contributed by atoms with Crippen molar-refractivity contribution in [3.05, 3.63) is 90.4 Å². The number of nitrogens with one attached hydrogen (secondary N) is 1.